The monoisotopic (exact) mass is 364 g/mol. The number of nitrogens with zero attached hydrogens (tertiary/aromatic N) is 1. The lowest BCUT2D eigenvalue weighted by Gasteiger charge is -2.15. The predicted molar refractivity (Wildman–Crippen MR) is 106 cm³/mol. The number of benzene rings is 2. The Kier molecular flexibility index (Phi) is 4.86. The van der Waals surface area contributed by atoms with E-state index in [1.54, 1.807) is 13.2 Å². The molecule has 5 nitrogen and oxygen atoms in total. The second kappa shape index (κ2) is 7.45. The largest absolute Gasteiger partial charge is 0.497 e. The predicted octanol–water partition coefficient (Wildman–Crippen LogP) is 4.60. The molecule has 0 unspecified atom stereocenters. The van der Waals surface area contributed by atoms with Crippen molar-refractivity contribution >= 4 is 22.6 Å². The molecule has 1 aliphatic rings. The number of carbonyl (C=O) groups is 1. The minimum atomic E-state index is -0.235. The Labute approximate surface area is 158 Å². The van der Waals surface area contributed by atoms with Crippen LogP contribution in [-0.4, -0.2) is 31.0 Å². The Morgan fingerprint density at radius 3 is 2.78 bits per heavy atom. The van der Waals surface area contributed by atoms with Crippen LogP contribution in [0, 0.1) is 6.92 Å². The van der Waals surface area contributed by atoms with Gasteiger partial charge in [-0.15, -0.1) is 0 Å². The normalized spacial score (nSPS) is 14.6. The van der Waals surface area contributed by atoms with E-state index >= 15 is 0 Å². The third-order valence-electron chi connectivity index (χ3n) is 5.14. The maximum atomic E-state index is 12.8. The van der Waals surface area contributed by atoms with Gasteiger partial charge in [-0.1, -0.05) is 12.1 Å². The summed E-state index contributed by atoms with van der Waals surface area (Å²) in [5, 5.41) is 3.89. The van der Waals surface area contributed by atoms with Crippen molar-refractivity contribution in [2.45, 2.75) is 26.3 Å². The molecule has 1 aromatic heterocycles. The van der Waals surface area contributed by atoms with Gasteiger partial charge in [-0.25, -0.2) is 0 Å². The van der Waals surface area contributed by atoms with Gasteiger partial charge < -0.3 is 14.5 Å². The minimum Gasteiger partial charge on any atom is -0.497 e. The van der Waals surface area contributed by atoms with Crippen molar-refractivity contribution in [3.8, 4) is 5.75 Å². The molecule has 1 fully saturated rings. The van der Waals surface area contributed by atoms with E-state index in [4.69, 9.17) is 9.15 Å². The quantitative estimate of drug-likeness (QED) is 0.719. The molecule has 140 valence electrons. The Hall–Kier alpha value is -2.79. The number of anilines is 1. The van der Waals surface area contributed by atoms with Crippen LogP contribution in [0.2, 0.25) is 0 Å². The molecular weight excluding hydrogens is 340 g/mol. The SMILES string of the molecule is COc1ccc2c(C)c(C(=O)Nc3cccc(CN4CCCC4)c3)oc2c1. The number of hydrogen-bond donors (Lipinski definition) is 1. The molecule has 4 rings (SSSR count). The van der Waals surface area contributed by atoms with Crippen LogP contribution < -0.4 is 10.1 Å². The first-order valence-corrected chi connectivity index (χ1v) is 9.34. The number of hydrogen-bond acceptors (Lipinski definition) is 4. The average Bonchev–Trinajstić information content (AvgIpc) is 3.29. The lowest BCUT2D eigenvalue weighted by molar-refractivity contribution is 0.0998. The fourth-order valence-corrected chi connectivity index (χ4v) is 3.68. The number of fused-ring (bicyclic) bond motifs is 1. The number of likely N-dealkylation sites (tertiary alicyclic amines) is 1. The molecule has 0 aliphatic carbocycles. The van der Waals surface area contributed by atoms with Crippen LogP contribution in [-0.2, 0) is 6.54 Å². The van der Waals surface area contributed by atoms with Crippen LogP contribution in [0.3, 0.4) is 0 Å². The molecule has 2 aromatic carbocycles. The Morgan fingerprint density at radius 1 is 1.19 bits per heavy atom. The number of rotatable bonds is 5. The van der Waals surface area contributed by atoms with Gasteiger partial charge in [0.15, 0.2) is 5.76 Å². The molecule has 0 atom stereocenters. The van der Waals surface area contributed by atoms with Gasteiger partial charge in [0.1, 0.15) is 11.3 Å². The van der Waals surface area contributed by atoms with Crippen LogP contribution >= 0.6 is 0 Å². The number of nitrogens with one attached hydrogen (secondary N) is 1. The smallest absolute Gasteiger partial charge is 0.291 e. The van der Waals surface area contributed by atoms with Crippen molar-refractivity contribution in [2.75, 3.05) is 25.5 Å². The summed E-state index contributed by atoms with van der Waals surface area (Å²) in [6.07, 6.45) is 2.54. The van der Waals surface area contributed by atoms with Gasteiger partial charge in [0.05, 0.1) is 7.11 Å². The van der Waals surface area contributed by atoms with Crippen molar-refractivity contribution in [3.05, 3.63) is 59.4 Å². The zero-order chi connectivity index (χ0) is 18.8. The van der Waals surface area contributed by atoms with Gasteiger partial charge in [0.25, 0.3) is 5.91 Å². The highest BCUT2D eigenvalue weighted by Crippen LogP contribution is 2.29. The number of ether oxygens (including phenoxy) is 1. The maximum absolute atomic E-state index is 12.8. The van der Waals surface area contributed by atoms with Crippen LogP contribution in [0.25, 0.3) is 11.0 Å². The summed E-state index contributed by atoms with van der Waals surface area (Å²) in [6.45, 7) is 5.13. The van der Waals surface area contributed by atoms with Gasteiger partial charge >= 0.3 is 0 Å². The topological polar surface area (TPSA) is 54.7 Å². The lowest BCUT2D eigenvalue weighted by atomic mass is 10.1. The van der Waals surface area contributed by atoms with Crippen LogP contribution in [0.4, 0.5) is 5.69 Å². The number of aryl methyl sites for hydroxylation is 1. The van der Waals surface area contributed by atoms with Gasteiger partial charge in [0, 0.05) is 29.2 Å². The Bertz CT molecular complexity index is 971. The van der Waals surface area contributed by atoms with E-state index in [1.807, 2.05) is 37.3 Å². The molecule has 2 heterocycles. The van der Waals surface area contributed by atoms with Gasteiger partial charge in [0.2, 0.25) is 0 Å². The zero-order valence-corrected chi connectivity index (χ0v) is 15.7. The highest BCUT2D eigenvalue weighted by atomic mass is 16.5. The number of carbonyl (C=O) groups excluding carboxylic acids is 1. The summed E-state index contributed by atoms with van der Waals surface area (Å²) in [5.41, 5.74) is 3.48. The van der Waals surface area contributed by atoms with E-state index in [2.05, 4.69) is 16.3 Å². The van der Waals surface area contributed by atoms with Crippen LogP contribution in [0.15, 0.2) is 46.9 Å². The molecule has 5 heteroatoms. The highest BCUT2D eigenvalue weighted by Gasteiger charge is 2.18. The van der Waals surface area contributed by atoms with E-state index in [0.29, 0.717) is 17.1 Å². The molecular formula is C22H24N2O3. The van der Waals surface area contributed by atoms with Crippen molar-refractivity contribution in [1.29, 1.82) is 0 Å². The third-order valence-corrected chi connectivity index (χ3v) is 5.14. The molecule has 1 aliphatic heterocycles. The van der Waals surface area contributed by atoms with E-state index in [-0.39, 0.29) is 5.91 Å². The van der Waals surface area contributed by atoms with Crippen LogP contribution in [0.1, 0.15) is 34.5 Å². The van der Waals surface area contributed by atoms with E-state index < -0.39 is 0 Å². The van der Waals surface area contributed by atoms with E-state index in [1.165, 1.54) is 18.4 Å². The van der Waals surface area contributed by atoms with Crippen LogP contribution in [0.5, 0.6) is 5.75 Å². The first-order valence-electron chi connectivity index (χ1n) is 9.34. The Balaban J connectivity index is 1.53. The maximum Gasteiger partial charge on any atom is 0.291 e. The fourth-order valence-electron chi connectivity index (χ4n) is 3.68. The molecule has 0 radical (unpaired) electrons. The first-order chi connectivity index (χ1) is 13.1. The molecule has 3 aromatic rings. The summed E-state index contributed by atoms with van der Waals surface area (Å²) in [6, 6.07) is 13.6. The zero-order valence-electron chi connectivity index (χ0n) is 15.7. The standard InChI is InChI=1S/C22H24N2O3/c1-15-19-9-8-18(26-2)13-20(19)27-21(15)22(25)23-17-7-5-6-16(12-17)14-24-10-3-4-11-24/h5-9,12-13H,3-4,10-11,14H2,1-2H3,(H,23,25). The lowest BCUT2D eigenvalue weighted by Crippen LogP contribution is -2.18. The summed E-state index contributed by atoms with van der Waals surface area (Å²) in [5.74, 6) is 0.807. The molecule has 1 N–H and O–H groups in total. The summed E-state index contributed by atoms with van der Waals surface area (Å²) < 4.78 is 11.0. The van der Waals surface area contributed by atoms with Gasteiger partial charge in [-0.05, 0) is 62.7 Å². The molecule has 0 bridgehead atoms. The molecule has 0 spiro atoms. The average molecular weight is 364 g/mol. The number of amides is 1. The second-order valence-electron chi connectivity index (χ2n) is 7.06. The summed E-state index contributed by atoms with van der Waals surface area (Å²) in [4.78, 5) is 15.2. The van der Waals surface area contributed by atoms with E-state index in [0.717, 1.165) is 36.3 Å². The summed E-state index contributed by atoms with van der Waals surface area (Å²) >= 11 is 0. The summed E-state index contributed by atoms with van der Waals surface area (Å²) in [7, 11) is 1.61. The Morgan fingerprint density at radius 2 is 2.00 bits per heavy atom. The molecule has 0 saturated carbocycles. The number of methoxy groups -OCH3 is 1. The van der Waals surface area contributed by atoms with Gasteiger partial charge in [-0.2, -0.15) is 0 Å². The number of furan rings is 1. The van der Waals surface area contributed by atoms with Crippen molar-refractivity contribution < 1.29 is 13.9 Å². The van der Waals surface area contributed by atoms with Gasteiger partial charge in [-0.3, -0.25) is 9.69 Å². The first kappa shape index (κ1) is 17.6. The van der Waals surface area contributed by atoms with Crippen molar-refractivity contribution in [1.82, 2.24) is 4.90 Å². The van der Waals surface area contributed by atoms with Crippen molar-refractivity contribution in [2.24, 2.45) is 0 Å². The molecule has 1 amide bonds. The fraction of sp³-hybridized carbons (Fsp3) is 0.318. The van der Waals surface area contributed by atoms with E-state index in [9.17, 15) is 4.79 Å². The highest BCUT2D eigenvalue weighted by molar-refractivity contribution is 6.06. The minimum absolute atomic E-state index is 0.235. The second-order valence-corrected chi connectivity index (χ2v) is 7.06. The third kappa shape index (κ3) is 3.69. The van der Waals surface area contributed by atoms with Crippen molar-refractivity contribution in [3.63, 3.8) is 0 Å². The molecule has 27 heavy (non-hydrogen) atoms. The molecule has 1 saturated heterocycles.